The Hall–Kier alpha value is -4.27. The Morgan fingerprint density at radius 3 is 1.97 bits per heavy atom. The van der Waals surface area contributed by atoms with Crippen molar-refractivity contribution in [3.8, 4) is 6.07 Å². The minimum absolute atomic E-state index is 0.0298. The second-order valence-corrected chi connectivity index (χ2v) is 28.4. The molecule has 7 rings (SSSR count). The third kappa shape index (κ3) is 22.7. The maximum absolute atomic E-state index is 12.6. The molecule has 5 unspecified atom stereocenters. The number of fused-ring (bicyclic) bond motifs is 5. The summed E-state index contributed by atoms with van der Waals surface area (Å²) in [5.41, 5.74) is 2.29. The molecule has 0 bridgehead atoms. The van der Waals surface area contributed by atoms with Crippen LogP contribution in [0.5, 0.6) is 0 Å². The zero-order valence-corrected chi connectivity index (χ0v) is 58.4. The first kappa shape index (κ1) is 77.4. The van der Waals surface area contributed by atoms with Crippen molar-refractivity contribution in [3.05, 3.63) is 11.6 Å². The highest BCUT2D eigenvalue weighted by Crippen LogP contribution is 2.67. The van der Waals surface area contributed by atoms with E-state index >= 15 is 0 Å². The minimum Gasteiger partial charge on any atom is -0.460 e. The third-order valence-corrected chi connectivity index (χ3v) is 21.5. The van der Waals surface area contributed by atoms with Crippen LogP contribution in [0.4, 0.5) is 4.79 Å². The Morgan fingerprint density at radius 2 is 1.35 bits per heavy atom. The van der Waals surface area contributed by atoms with E-state index in [9.17, 15) is 33.9 Å². The molecule has 0 aromatic rings. The highest BCUT2D eigenvalue weighted by molar-refractivity contribution is 5.83. The van der Waals surface area contributed by atoms with Crippen molar-refractivity contribution in [1.82, 2.24) is 35.6 Å². The quantitative estimate of drug-likeness (QED) is 0.0212. The van der Waals surface area contributed by atoms with Crippen LogP contribution in [0.1, 0.15) is 205 Å². The molecule has 3 saturated carbocycles. The SMILES string of the molecule is CCCCCCCC[C@H]1CCC2C3CC=C4CC(OC(=O)NCC(=O)N5C[C@@H](CC)[C@@H](O)C5)CC[C@]4(C)C3CC[C@@]21C.CC[C@@H]1CN(C(=O)CNCOC)C[C@@H]1OC(=O)CCC(C)=O.COCNCC(=O)N1C[C@@H](C)[C@@H](OC(OCCC#N)N(C(C)C)C(C)C)C1. The van der Waals surface area contributed by atoms with E-state index in [-0.39, 0.29) is 116 Å². The lowest BCUT2D eigenvalue weighted by molar-refractivity contribution is -0.261. The van der Waals surface area contributed by atoms with Crippen molar-refractivity contribution in [2.45, 2.75) is 247 Å². The molecule has 3 aliphatic heterocycles. The van der Waals surface area contributed by atoms with Gasteiger partial charge in [-0.05, 0) is 133 Å². The van der Waals surface area contributed by atoms with Gasteiger partial charge in [-0.25, -0.2) is 4.79 Å². The lowest BCUT2D eigenvalue weighted by atomic mass is 9.47. The van der Waals surface area contributed by atoms with E-state index in [0.717, 1.165) is 55.8 Å². The lowest BCUT2D eigenvalue weighted by Gasteiger charge is -2.58. The topological polar surface area (TPSA) is 251 Å². The van der Waals surface area contributed by atoms with Gasteiger partial charge in [0.25, 0.3) is 0 Å². The first-order chi connectivity index (χ1) is 43.5. The van der Waals surface area contributed by atoms with Gasteiger partial charge in [0.05, 0.1) is 70.8 Å². The number of alkyl carbamates (subject to hydrolysis) is 1. The van der Waals surface area contributed by atoms with Crippen LogP contribution in [-0.2, 0) is 52.4 Å². The maximum atomic E-state index is 12.6. The fourth-order valence-electron chi connectivity index (χ4n) is 16.2. The number of aliphatic hydroxyl groups is 1. The van der Waals surface area contributed by atoms with Crippen LogP contribution in [0.3, 0.4) is 0 Å². The molecule has 91 heavy (non-hydrogen) atoms. The molecule has 3 heterocycles. The van der Waals surface area contributed by atoms with Gasteiger partial charge in [-0.3, -0.25) is 34.7 Å². The highest BCUT2D eigenvalue weighted by Gasteiger charge is 2.58. The molecule has 4 aliphatic carbocycles. The number of esters is 1. The van der Waals surface area contributed by atoms with Crippen LogP contribution in [0, 0.1) is 63.6 Å². The zero-order valence-electron chi connectivity index (χ0n) is 58.4. The summed E-state index contributed by atoms with van der Waals surface area (Å²) < 4.78 is 33.3. The van der Waals surface area contributed by atoms with Gasteiger partial charge in [0.1, 0.15) is 24.5 Å². The first-order valence-corrected chi connectivity index (χ1v) is 35.1. The lowest BCUT2D eigenvalue weighted by Crippen LogP contribution is -2.50. The van der Waals surface area contributed by atoms with E-state index in [1.807, 2.05) is 18.7 Å². The number of rotatable bonds is 32. The monoisotopic (exact) mass is 1280 g/mol. The Bertz CT molecular complexity index is 2330. The largest absolute Gasteiger partial charge is 0.460 e. The number of carbonyl (C=O) groups excluding carboxylic acids is 6. The molecule has 0 aromatic heterocycles. The van der Waals surface area contributed by atoms with E-state index in [2.05, 4.69) is 88.4 Å². The molecule has 0 aromatic carbocycles. The number of likely N-dealkylation sites (tertiary alicyclic amines) is 3. The number of nitriles is 1. The van der Waals surface area contributed by atoms with E-state index in [4.69, 9.17) is 33.7 Å². The van der Waals surface area contributed by atoms with Crippen LogP contribution >= 0.6 is 0 Å². The predicted molar refractivity (Wildman–Crippen MR) is 350 cm³/mol. The summed E-state index contributed by atoms with van der Waals surface area (Å²) in [7, 11) is 3.14. The molecule has 0 spiro atoms. The van der Waals surface area contributed by atoms with Crippen molar-refractivity contribution in [2.75, 3.05) is 93.2 Å². The molecule has 7 aliphatic rings. The number of nitrogens with zero attached hydrogens (tertiary/aromatic N) is 5. The number of Topliss-reactive ketones (excluding diaryl/α,β-unsaturated/α-hetero) is 1. The molecule has 4 N–H and O–H groups in total. The maximum Gasteiger partial charge on any atom is 0.407 e. The van der Waals surface area contributed by atoms with E-state index in [0.29, 0.717) is 71.2 Å². The van der Waals surface area contributed by atoms with Crippen LogP contribution in [0.2, 0.25) is 0 Å². The van der Waals surface area contributed by atoms with Gasteiger partial charge < -0.3 is 58.3 Å². The molecule has 0 radical (unpaired) electrons. The predicted octanol–water partition coefficient (Wildman–Crippen LogP) is 9.35. The van der Waals surface area contributed by atoms with E-state index in [1.54, 1.807) is 24.0 Å². The van der Waals surface area contributed by atoms with Crippen LogP contribution in [-0.4, -0.2) is 196 Å². The summed E-state index contributed by atoms with van der Waals surface area (Å²) in [5.74, 6) is 3.31. The molecule has 14 atom stereocenters. The summed E-state index contributed by atoms with van der Waals surface area (Å²) in [5, 5.41) is 27.4. The van der Waals surface area contributed by atoms with Crippen LogP contribution in [0.15, 0.2) is 11.6 Å². The average molecular weight is 1280 g/mol. The number of nitrogens with one attached hydrogen (secondary N) is 3. The van der Waals surface area contributed by atoms with Crippen molar-refractivity contribution < 1.29 is 62.3 Å². The molecule has 6 fully saturated rings. The molecule has 21 nitrogen and oxygen atoms in total. The number of allylic oxidation sites excluding steroid dienone is 1. The summed E-state index contributed by atoms with van der Waals surface area (Å²) in [6.45, 7) is 27.9. The summed E-state index contributed by atoms with van der Waals surface area (Å²) in [6, 6.07) is 2.55. The number of β-amino-alcohol motifs (C(OH)–C–C–N with tert-alkyl or cyclic N) is 1. The van der Waals surface area contributed by atoms with E-state index in [1.165, 1.54) is 89.5 Å². The van der Waals surface area contributed by atoms with Crippen LogP contribution in [0.25, 0.3) is 0 Å². The number of ketones is 1. The molecule has 4 amide bonds. The number of aliphatic hydroxyl groups excluding tert-OH is 1. The molecule has 21 heteroatoms. The summed E-state index contributed by atoms with van der Waals surface area (Å²) >= 11 is 0. The Balaban J connectivity index is 0.000000266. The van der Waals surface area contributed by atoms with Gasteiger partial charge in [0, 0.05) is 89.6 Å². The van der Waals surface area contributed by atoms with Gasteiger partial charge in [0.15, 0.2) is 0 Å². The van der Waals surface area contributed by atoms with Crippen molar-refractivity contribution >= 4 is 35.6 Å². The number of amides is 4. The fraction of sp³-hybridized carbons (Fsp3) is 0.871. The normalized spacial score (nSPS) is 29.5. The Labute approximate surface area is 547 Å². The summed E-state index contributed by atoms with van der Waals surface area (Å²) in [4.78, 5) is 79.6. The molecule has 520 valence electrons. The standard InChI is InChI=1S/C36H60N2O4.C19H36N4O4.C15H26N2O5/c1-5-7-8-9-10-11-12-26-14-16-30-29-15-13-27-21-28(17-19-36(27,4)31(29)18-20-35(26,30)3)42-34(41)37-22-33(40)38-23-25(6-2)32(39)24-38;1-14(2)23(15(3)4)19(26-9-7-8-20)27-17-12-22(11-16(17)5)18(24)10-21-13-25-6;1-4-12-8-17(14(19)7-16-10-21-3)9-13(12)22-15(20)6-5-11(2)18/h13,25-26,28-32,39H,5-12,14-24H2,1-4H3,(H,37,41);14-17,19,21H,7,9-13H2,1-6H3;12-13,16H,4-10H2,1-3H3/t25-,26+,28?,29?,30?,31?,32+,35-,36+;16-,17+,19?;12-,13+/m111/s1. The second kappa shape index (κ2) is 38.9. The summed E-state index contributed by atoms with van der Waals surface area (Å²) in [6.07, 6.45) is 22.4. The fourth-order valence-corrected chi connectivity index (χ4v) is 16.2. The molecular weight excluding hydrogens is 1160 g/mol. The van der Waals surface area contributed by atoms with Crippen molar-refractivity contribution in [2.24, 2.45) is 52.3 Å². The van der Waals surface area contributed by atoms with Gasteiger partial charge in [-0.15, -0.1) is 0 Å². The number of hydrogen-bond donors (Lipinski definition) is 4. The van der Waals surface area contributed by atoms with Gasteiger partial charge >= 0.3 is 12.1 Å². The Morgan fingerprint density at radius 1 is 0.736 bits per heavy atom. The number of unbranched alkanes of at least 4 members (excludes halogenated alkanes) is 5. The molecular formula is C70H122N8O13. The highest BCUT2D eigenvalue weighted by atomic mass is 16.7. The minimum atomic E-state index is -0.535. The zero-order chi connectivity index (χ0) is 66.8. The van der Waals surface area contributed by atoms with Crippen molar-refractivity contribution in [3.63, 3.8) is 0 Å². The van der Waals surface area contributed by atoms with Gasteiger partial charge in [-0.1, -0.05) is 91.7 Å². The first-order valence-electron chi connectivity index (χ1n) is 35.1. The number of hydrogen-bond acceptors (Lipinski definition) is 17. The van der Waals surface area contributed by atoms with Gasteiger partial charge in [-0.2, -0.15) is 5.26 Å². The number of ether oxygens (including phenoxy) is 6. The number of carbonyl (C=O) groups is 6. The Kier molecular flexibility index (Phi) is 33.1. The van der Waals surface area contributed by atoms with Gasteiger partial charge in [0.2, 0.25) is 24.1 Å². The third-order valence-electron chi connectivity index (χ3n) is 21.5. The van der Waals surface area contributed by atoms with Crippen molar-refractivity contribution in [1.29, 1.82) is 5.26 Å². The number of methoxy groups -OCH3 is 2. The molecule has 3 saturated heterocycles. The smallest absolute Gasteiger partial charge is 0.407 e. The second-order valence-electron chi connectivity index (χ2n) is 28.4. The van der Waals surface area contributed by atoms with E-state index < -0.39 is 18.6 Å². The average Bonchev–Trinajstić information content (AvgIpc) is 1.71. The van der Waals surface area contributed by atoms with Crippen LogP contribution < -0.4 is 16.0 Å².